The highest BCUT2D eigenvalue weighted by Gasteiger charge is 2.13. The van der Waals surface area contributed by atoms with Gasteiger partial charge in [0, 0.05) is 6.54 Å². The first-order chi connectivity index (χ1) is 6.40. The van der Waals surface area contributed by atoms with E-state index in [4.69, 9.17) is 11.6 Å². The third-order valence-corrected chi connectivity index (χ3v) is 1.84. The lowest BCUT2D eigenvalue weighted by atomic mass is 10.1. The second-order valence-electron chi connectivity index (χ2n) is 3.56. The summed E-state index contributed by atoms with van der Waals surface area (Å²) in [5, 5.41) is 12.2. The molecule has 1 heterocycles. The maximum atomic E-state index is 11.0. The fourth-order valence-electron chi connectivity index (χ4n) is 0.806. The van der Waals surface area contributed by atoms with Gasteiger partial charge in [-0.15, -0.1) is 0 Å². The molecule has 0 spiro atoms. The summed E-state index contributed by atoms with van der Waals surface area (Å²) in [6, 6.07) is 0. The molecule has 0 radical (unpaired) electrons. The fourth-order valence-corrected chi connectivity index (χ4v) is 0.976. The minimum atomic E-state index is -0.881. The van der Waals surface area contributed by atoms with Gasteiger partial charge in [0.2, 0.25) is 0 Å². The van der Waals surface area contributed by atoms with Gasteiger partial charge in [0.15, 0.2) is 5.82 Å². The van der Waals surface area contributed by atoms with Crippen molar-refractivity contribution < 1.29 is 5.11 Å². The predicted octanol–water partition coefficient (Wildman–Crippen LogP) is 0.606. The van der Waals surface area contributed by atoms with Crippen LogP contribution in [0.4, 0.5) is 5.82 Å². The van der Waals surface area contributed by atoms with Crippen molar-refractivity contribution in [1.29, 1.82) is 0 Å². The molecule has 1 aromatic heterocycles. The maximum absolute atomic E-state index is 11.0. The summed E-state index contributed by atoms with van der Waals surface area (Å²) in [6.07, 6.45) is 1.25. The van der Waals surface area contributed by atoms with Crippen LogP contribution in [0.2, 0.25) is 5.02 Å². The van der Waals surface area contributed by atoms with Gasteiger partial charge in [0.05, 0.1) is 11.9 Å². The van der Waals surface area contributed by atoms with Gasteiger partial charge in [0.25, 0.3) is 5.56 Å². The van der Waals surface area contributed by atoms with Crippen molar-refractivity contribution >= 4 is 17.4 Å². The lowest BCUT2D eigenvalue weighted by Crippen LogP contribution is -2.30. The van der Waals surface area contributed by atoms with Crippen molar-refractivity contribution in [1.82, 2.24) is 9.97 Å². The number of hydrogen-bond acceptors (Lipinski definition) is 4. The summed E-state index contributed by atoms with van der Waals surface area (Å²) in [5.41, 5.74) is -1.28. The molecule has 14 heavy (non-hydrogen) atoms. The van der Waals surface area contributed by atoms with Gasteiger partial charge in [-0.05, 0) is 13.8 Å². The Bertz CT molecular complexity index is 370. The van der Waals surface area contributed by atoms with Crippen LogP contribution >= 0.6 is 11.6 Å². The summed E-state index contributed by atoms with van der Waals surface area (Å²) in [4.78, 5) is 17.2. The van der Waals surface area contributed by atoms with E-state index < -0.39 is 11.2 Å². The Labute approximate surface area is 86.1 Å². The summed E-state index contributed by atoms with van der Waals surface area (Å²) in [7, 11) is 0. The van der Waals surface area contributed by atoms with E-state index in [-0.39, 0.29) is 17.4 Å². The van der Waals surface area contributed by atoms with E-state index in [2.05, 4.69) is 15.3 Å². The van der Waals surface area contributed by atoms with E-state index in [1.165, 1.54) is 6.33 Å². The van der Waals surface area contributed by atoms with Crippen molar-refractivity contribution in [3.05, 3.63) is 21.7 Å². The quantitative estimate of drug-likeness (QED) is 0.693. The first-order valence-corrected chi connectivity index (χ1v) is 4.47. The highest BCUT2D eigenvalue weighted by atomic mass is 35.5. The molecule has 5 nitrogen and oxygen atoms in total. The fraction of sp³-hybridized carbons (Fsp3) is 0.500. The molecule has 0 aliphatic rings. The number of hydrogen-bond donors (Lipinski definition) is 3. The average molecular weight is 218 g/mol. The van der Waals surface area contributed by atoms with Gasteiger partial charge < -0.3 is 15.4 Å². The smallest absolute Gasteiger partial charge is 0.271 e. The average Bonchev–Trinajstić information content (AvgIpc) is 2.06. The van der Waals surface area contributed by atoms with Crippen LogP contribution in [0.5, 0.6) is 0 Å². The third-order valence-electron chi connectivity index (χ3n) is 1.48. The molecule has 0 saturated carbocycles. The van der Waals surface area contributed by atoms with Gasteiger partial charge in [-0.3, -0.25) is 4.79 Å². The number of aromatic amines is 1. The topological polar surface area (TPSA) is 78.0 Å². The van der Waals surface area contributed by atoms with Gasteiger partial charge in [-0.2, -0.15) is 0 Å². The number of aromatic nitrogens is 2. The highest BCUT2D eigenvalue weighted by molar-refractivity contribution is 6.32. The molecule has 1 rings (SSSR count). The molecule has 0 amide bonds. The van der Waals surface area contributed by atoms with Gasteiger partial charge in [-0.1, -0.05) is 11.6 Å². The van der Waals surface area contributed by atoms with Gasteiger partial charge in [0.1, 0.15) is 5.02 Å². The lowest BCUT2D eigenvalue weighted by molar-refractivity contribution is 0.0944. The predicted molar refractivity (Wildman–Crippen MR) is 54.7 cm³/mol. The van der Waals surface area contributed by atoms with E-state index in [9.17, 15) is 9.90 Å². The number of nitrogens with one attached hydrogen (secondary N) is 2. The molecule has 78 valence electrons. The van der Waals surface area contributed by atoms with E-state index >= 15 is 0 Å². The molecule has 0 aliphatic carbocycles. The second-order valence-corrected chi connectivity index (χ2v) is 3.94. The van der Waals surface area contributed by atoms with Crippen LogP contribution in [-0.2, 0) is 0 Å². The van der Waals surface area contributed by atoms with E-state index in [1.807, 2.05) is 0 Å². The Kier molecular flexibility index (Phi) is 3.13. The molecule has 0 bridgehead atoms. The zero-order valence-corrected chi connectivity index (χ0v) is 8.72. The van der Waals surface area contributed by atoms with E-state index in [0.717, 1.165) is 0 Å². The Morgan fingerprint density at radius 3 is 2.93 bits per heavy atom. The van der Waals surface area contributed by atoms with Crippen LogP contribution in [0.25, 0.3) is 0 Å². The molecule has 0 aromatic carbocycles. The Morgan fingerprint density at radius 1 is 1.71 bits per heavy atom. The van der Waals surface area contributed by atoms with Crippen molar-refractivity contribution in [2.75, 3.05) is 11.9 Å². The Morgan fingerprint density at radius 2 is 2.36 bits per heavy atom. The zero-order valence-electron chi connectivity index (χ0n) is 7.97. The monoisotopic (exact) mass is 217 g/mol. The van der Waals surface area contributed by atoms with Crippen LogP contribution in [-0.4, -0.2) is 27.2 Å². The molecule has 0 unspecified atom stereocenters. The summed E-state index contributed by atoms with van der Waals surface area (Å²) in [6.45, 7) is 3.55. The van der Waals surface area contributed by atoms with Gasteiger partial charge >= 0.3 is 0 Å². The largest absolute Gasteiger partial charge is 0.389 e. The van der Waals surface area contributed by atoms with Crippen molar-refractivity contribution in [2.45, 2.75) is 19.4 Å². The molecule has 0 saturated heterocycles. The molecule has 0 fully saturated rings. The number of halogens is 1. The van der Waals surface area contributed by atoms with Gasteiger partial charge in [-0.25, -0.2) is 4.98 Å². The zero-order chi connectivity index (χ0) is 10.8. The Hall–Kier alpha value is -1.07. The third kappa shape index (κ3) is 3.01. The highest BCUT2D eigenvalue weighted by Crippen LogP contribution is 2.13. The Balaban J connectivity index is 2.78. The van der Waals surface area contributed by atoms with E-state index in [1.54, 1.807) is 13.8 Å². The van der Waals surface area contributed by atoms with E-state index in [0.29, 0.717) is 0 Å². The molecular weight excluding hydrogens is 206 g/mol. The number of anilines is 1. The first-order valence-electron chi connectivity index (χ1n) is 4.09. The molecule has 1 aromatic rings. The summed E-state index contributed by atoms with van der Waals surface area (Å²) < 4.78 is 0. The SMILES string of the molecule is CC(C)(O)CNc1nc[nH]c(=O)c1Cl. The number of nitrogens with zero attached hydrogens (tertiary/aromatic N) is 1. The summed E-state index contributed by atoms with van der Waals surface area (Å²) >= 11 is 5.67. The number of H-pyrrole nitrogens is 1. The van der Waals surface area contributed by atoms with Crippen LogP contribution in [0.15, 0.2) is 11.1 Å². The number of aliphatic hydroxyl groups is 1. The molecular formula is C8H12ClN3O2. The lowest BCUT2D eigenvalue weighted by Gasteiger charge is -2.18. The molecule has 3 N–H and O–H groups in total. The van der Waals surface area contributed by atoms with Crippen LogP contribution < -0.4 is 10.9 Å². The minimum absolute atomic E-state index is 0.00301. The van der Waals surface area contributed by atoms with Crippen LogP contribution in [0.3, 0.4) is 0 Å². The van der Waals surface area contributed by atoms with Crippen molar-refractivity contribution in [3.63, 3.8) is 0 Å². The normalized spacial score (nSPS) is 11.4. The molecule has 0 aliphatic heterocycles. The van der Waals surface area contributed by atoms with Crippen molar-refractivity contribution in [3.8, 4) is 0 Å². The van der Waals surface area contributed by atoms with Crippen molar-refractivity contribution in [2.24, 2.45) is 0 Å². The van der Waals surface area contributed by atoms with Crippen LogP contribution in [0, 0.1) is 0 Å². The molecule has 0 atom stereocenters. The molecule has 6 heteroatoms. The first kappa shape index (κ1) is 11.0. The standard InChI is InChI=1S/C8H12ClN3O2/c1-8(2,14)3-10-6-5(9)7(13)12-4-11-6/h4,14H,3H2,1-2H3,(H2,10,11,12,13). The maximum Gasteiger partial charge on any atom is 0.271 e. The number of rotatable bonds is 3. The minimum Gasteiger partial charge on any atom is -0.389 e. The second kappa shape index (κ2) is 3.98. The summed E-state index contributed by atoms with van der Waals surface area (Å²) in [5.74, 6) is 0.276. The van der Waals surface area contributed by atoms with Crippen LogP contribution in [0.1, 0.15) is 13.8 Å².